The Bertz CT molecular complexity index is 889. The Kier molecular flexibility index (Phi) is 6.99. The van der Waals surface area contributed by atoms with E-state index in [0.717, 1.165) is 12.1 Å². The number of ether oxygens (including phenoxy) is 3. The second-order valence-corrected chi connectivity index (χ2v) is 7.04. The molecule has 0 unspecified atom stereocenters. The first kappa shape index (κ1) is 21.7. The van der Waals surface area contributed by atoms with E-state index in [1.54, 1.807) is 20.8 Å². The molecule has 0 N–H and O–H groups in total. The molecular weight excluding hydrogens is 400 g/mol. The maximum Gasteiger partial charge on any atom is 0.528 e. The zero-order valence-corrected chi connectivity index (χ0v) is 16.9. The molecule has 1 aliphatic rings. The van der Waals surface area contributed by atoms with Crippen molar-refractivity contribution < 1.29 is 32.6 Å². The molecule has 162 valence electrons. The van der Waals surface area contributed by atoms with Crippen LogP contribution in [0.25, 0.3) is 0 Å². The van der Waals surface area contributed by atoms with Gasteiger partial charge in [0.2, 0.25) is 11.8 Å². The molecule has 1 aromatic carbocycles. The molecule has 30 heavy (non-hydrogen) atoms. The monoisotopic (exact) mass is 423 g/mol. The van der Waals surface area contributed by atoms with Gasteiger partial charge in [-0.2, -0.15) is 0 Å². The first-order valence-corrected chi connectivity index (χ1v) is 9.56. The van der Waals surface area contributed by atoms with E-state index < -0.39 is 17.8 Å². The van der Waals surface area contributed by atoms with Gasteiger partial charge in [0.25, 0.3) is 0 Å². The van der Waals surface area contributed by atoms with Crippen LogP contribution in [-0.4, -0.2) is 46.5 Å². The zero-order chi connectivity index (χ0) is 21.7. The summed E-state index contributed by atoms with van der Waals surface area (Å²) in [6, 6.07) is 3.02. The van der Waals surface area contributed by atoms with Gasteiger partial charge in [-0.05, 0) is 32.9 Å². The molecule has 0 bridgehead atoms. The quantitative estimate of drug-likeness (QED) is 0.640. The van der Waals surface area contributed by atoms with E-state index in [-0.39, 0.29) is 23.8 Å². The van der Waals surface area contributed by atoms with Gasteiger partial charge in [-0.1, -0.05) is 0 Å². The van der Waals surface area contributed by atoms with Gasteiger partial charge >= 0.3 is 6.16 Å². The molecule has 8 nitrogen and oxygen atoms in total. The molecule has 3 rings (SSSR count). The lowest BCUT2D eigenvalue weighted by Gasteiger charge is -2.30. The molecule has 10 heteroatoms. The van der Waals surface area contributed by atoms with Crippen molar-refractivity contribution in [3.63, 3.8) is 0 Å². The normalized spacial score (nSPS) is 15.1. The highest BCUT2D eigenvalue weighted by Gasteiger charge is 2.25. The van der Waals surface area contributed by atoms with Crippen molar-refractivity contribution in [2.45, 2.75) is 45.8 Å². The van der Waals surface area contributed by atoms with Crippen molar-refractivity contribution in [2.24, 2.45) is 0 Å². The Hall–Kier alpha value is -3.01. The highest BCUT2D eigenvalue weighted by Crippen LogP contribution is 2.30. The Balaban J connectivity index is 1.58. The van der Waals surface area contributed by atoms with Crippen LogP contribution in [0, 0.1) is 18.6 Å². The second kappa shape index (κ2) is 9.66. The number of rotatable bonds is 6. The third-order valence-electron chi connectivity index (χ3n) is 4.31. The van der Waals surface area contributed by atoms with Gasteiger partial charge in [0, 0.05) is 32.0 Å². The highest BCUT2D eigenvalue weighted by molar-refractivity contribution is 5.59. The molecule has 1 aromatic heterocycles. The van der Waals surface area contributed by atoms with E-state index in [0.29, 0.717) is 37.4 Å². The lowest BCUT2D eigenvalue weighted by Crippen LogP contribution is -2.40. The smallest absolute Gasteiger partial charge is 0.474 e. The summed E-state index contributed by atoms with van der Waals surface area (Å²) in [5, 5.41) is 1.53. The van der Waals surface area contributed by atoms with Gasteiger partial charge in [-0.25, -0.2) is 23.5 Å². The lowest BCUT2D eigenvalue weighted by molar-refractivity contribution is -0.151. The summed E-state index contributed by atoms with van der Waals surface area (Å²) >= 11 is 0. The number of carbonyl (C=O) groups is 1. The summed E-state index contributed by atoms with van der Waals surface area (Å²) in [7, 11) is 0. The summed E-state index contributed by atoms with van der Waals surface area (Å²) in [5.41, 5.74) is 0.486. The summed E-state index contributed by atoms with van der Waals surface area (Å²) < 4.78 is 43.3. The third kappa shape index (κ3) is 5.76. The van der Waals surface area contributed by atoms with Crippen molar-refractivity contribution in [1.82, 2.24) is 15.0 Å². The summed E-state index contributed by atoms with van der Waals surface area (Å²) in [6.45, 7) is 6.13. The standard InChI is InChI=1S/C20H23F2N3O5/c1-12(2)27-20(26)30-25-8-6-15(7-9-25)28-18-13(3)19(24-11-23-18)29-17-5-4-14(21)10-16(17)22/h4-5,10-12,15H,6-9H2,1-3H3. The van der Waals surface area contributed by atoms with Crippen LogP contribution in [0.4, 0.5) is 13.6 Å². The second-order valence-electron chi connectivity index (χ2n) is 7.04. The number of nitrogens with zero attached hydrogens (tertiary/aromatic N) is 3. The number of aromatic nitrogens is 2. The van der Waals surface area contributed by atoms with Gasteiger partial charge in [0.1, 0.15) is 18.2 Å². The van der Waals surface area contributed by atoms with E-state index in [4.69, 9.17) is 19.0 Å². The first-order valence-electron chi connectivity index (χ1n) is 9.56. The molecule has 1 saturated heterocycles. The van der Waals surface area contributed by atoms with Crippen LogP contribution in [0.3, 0.4) is 0 Å². The van der Waals surface area contributed by atoms with Gasteiger partial charge < -0.3 is 19.0 Å². The van der Waals surface area contributed by atoms with Crippen LogP contribution in [-0.2, 0) is 9.57 Å². The van der Waals surface area contributed by atoms with Crippen LogP contribution in [0.2, 0.25) is 0 Å². The molecule has 2 aromatic rings. The van der Waals surface area contributed by atoms with E-state index >= 15 is 0 Å². The molecule has 0 radical (unpaired) electrons. The Morgan fingerprint density at radius 2 is 1.87 bits per heavy atom. The minimum Gasteiger partial charge on any atom is -0.474 e. The van der Waals surface area contributed by atoms with Gasteiger partial charge in [0.15, 0.2) is 11.6 Å². The van der Waals surface area contributed by atoms with E-state index in [2.05, 4.69) is 9.97 Å². The molecule has 2 heterocycles. The summed E-state index contributed by atoms with van der Waals surface area (Å²) in [6.07, 6.45) is 1.31. The maximum absolute atomic E-state index is 13.8. The van der Waals surface area contributed by atoms with Crippen molar-refractivity contribution in [2.75, 3.05) is 13.1 Å². The molecule has 0 spiro atoms. The van der Waals surface area contributed by atoms with Crippen molar-refractivity contribution in [1.29, 1.82) is 0 Å². The largest absolute Gasteiger partial charge is 0.528 e. The minimum absolute atomic E-state index is 0.114. The fourth-order valence-corrected chi connectivity index (χ4v) is 2.82. The predicted molar refractivity (Wildman–Crippen MR) is 101 cm³/mol. The zero-order valence-electron chi connectivity index (χ0n) is 16.9. The van der Waals surface area contributed by atoms with Crippen molar-refractivity contribution >= 4 is 6.16 Å². The molecule has 0 aliphatic carbocycles. The number of hydroxylamine groups is 2. The van der Waals surface area contributed by atoms with Gasteiger partial charge in [0.05, 0.1) is 11.7 Å². The minimum atomic E-state index is -0.834. The Morgan fingerprint density at radius 1 is 1.17 bits per heavy atom. The fraction of sp³-hybridized carbons (Fsp3) is 0.450. The maximum atomic E-state index is 13.8. The van der Waals surface area contributed by atoms with Crippen LogP contribution in [0.15, 0.2) is 24.5 Å². The average Bonchev–Trinajstić information content (AvgIpc) is 2.68. The number of halogens is 2. The van der Waals surface area contributed by atoms with Crippen molar-refractivity contribution in [3.05, 3.63) is 41.7 Å². The average molecular weight is 423 g/mol. The molecule has 0 saturated carbocycles. The van der Waals surface area contributed by atoms with Crippen LogP contribution >= 0.6 is 0 Å². The van der Waals surface area contributed by atoms with Crippen LogP contribution in [0.5, 0.6) is 17.5 Å². The molecular formula is C20H23F2N3O5. The fourth-order valence-electron chi connectivity index (χ4n) is 2.82. The molecule has 0 amide bonds. The lowest BCUT2D eigenvalue weighted by atomic mass is 10.1. The molecule has 1 aliphatic heterocycles. The number of benzene rings is 1. The summed E-state index contributed by atoms with van der Waals surface area (Å²) in [4.78, 5) is 24.8. The third-order valence-corrected chi connectivity index (χ3v) is 4.31. The topological polar surface area (TPSA) is 83.0 Å². The van der Waals surface area contributed by atoms with Crippen LogP contribution < -0.4 is 9.47 Å². The van der Waals surface area contributed by atoms with E-state index in [1.165, 1.54) is 17.5 Å². The molecule has 1 fully saturated rings. The Labute approximate surface area is 172 Å². The predicted octanol–water partition coefficient (Wildman–Crippen LogP) is 4.18. The highest BCUT2D eigenvalue weighted by atomic mass is 19.1. The van der Waals surface area contributed by atoms with Gasteiger partial charge in [-0.3, -0.25) is 0 Å². The first-order chi connectivity index (χ1) is 14.3. The van der Waals surface area contributed by atoms with E-state index in [9.17, 15) is 13.6 Å². The number of piperidine rings is 1. The number of carbonyl (C=O) groups excluding carboxylic acids is 1. The van der Waals surface area contributed by atoms with Crippen molar-refractivity contribution in [3.8, 4) is 17.5 Å². The number of hydrogen-bond acceptors (Lipinski definition) is 8. The van der Waals surface area contributed by atoms with Crippen LogP contribution in [0.1, 0.15) is 32.3 Å². The van der Waals surface area contributed by atoms with Gasteiger partial charge in [-0.15, -0.1) is 5.06 Å². The Morgan fingerprint density at radius 3 is 2.53 bits per heavy atom. The SMILES string of the molecule is Cc1c(Oc2ccc(F)cc2F)ncnc1OC1CCN(OC(=O)OC(C)C)CC1. The van der Waals surface area contributed by atoms with E-state index in [1.807, 2.05) is 0 Å². The number of hydrogen-bond donors (Lipinski definition) is 0. The summed E-state index contributed by atoms with van der Waals surface area (Å²) in [5.74, 6) is -1.26. The molecule has 0 atom stereocenters.